The van der Waals surface area contributed by atoms with E-state index in [1.165, 1.54) is 29.7 Å². The zero-order valence-electron chi connectivity index (χ0n) is 13.6. The number of aliphatic imine (C=N–C) groups is 1. The lowest BCUT2D eigenvalue weighted by Crippen LogP contribution is -2.04. The summed E-state index contributed by atoms with van der Waals surface area (Å²) in [5.41, 5.74) is 6.06. The summed E-state index contributed by atoms with van der Waals surface area (Å²) in [6, 6.07) is 6.63. The Morgan fingerprint density at radius 2 is 2.00 bits per heavy atom. The molecule has 0 heterocycles. The van der Waals surface area contributed by atoms with Crippen LogP contribution in [0.2, 0.25) is 0 Å². The van der Waals surface area contributed by atoms with Gasteiger partial charge < -0.3 is 5.32 Å². The van der Waals surface area contributed by atoms with Gasteiger partial charge in [-0.3, -0.25) is 4.99 Å². The quantitative estimate of drug-likeness (QED) is 0.678. The van der Waals surface area contributed by atoms with E-state index in [-0.39, 0.29) is 0 Å². The van der Waals surface area contributed by atoms with Crippen molar-refractivity contribution in [2.24, 2.45) is 4.99 Å². The number of aryl methyl sites for hydroxylation is 1. The van der Waals surface area contributed by atoms with E-state index in [4.69, 9.17) is 0 Å². The van der Waals surface area contributed by atoms with Crippen molar-refractivity contribution < 1.29 is 0 Å². The van der Waals surface area contributed by atoms with Crippen molar-refractivity contribution in [3.8, 4) is 0 Å². The molecule has 0 radical (unpaired) electrons. The molecular formula is C18H28N2. The molecule has 0 aliphatic heterocycles. The van der Waals surface area contributed by atoms with E-state index >= 15 is 0 Å². The predicted octanol–water partition coefficient (Wildman–Crippen LogP) is 5.19. The van der Waals surface area contributed by atoms with Crippen LogP contribution in [0.15, 0.2) is 35.0 Å². The van der Waals surface area contributed by atoms with Crippen LogP contribution in [-0.2, 0) is 6.42 Å². The summed E-state index contributed by atoms with van der Waals surface area (Å²) in [6.07, 6.45) is 5.60. The lowest BCUT2D eigenvalue weighted by atomic mass is 9.98. The largest absolute Gasteiger partial charge is 0.385 e. The number of nitrogens with one attached hydrogen (secondary N) is 1. The molecule has 20 heavy (non-hydrogen) atoms. The average molecular weight is 272 g/mol. The molecule has 0 amide bonds. The fourth-order valence-electron chi connectivity index (χ4n) is 2.22. The Balaban J connectivity index is 3.13. The summed E-state index contributed by atoms with van der Waals surface area (Å²) in [6.45, 7) is 11.5. The van der Waals surface area contributed by atoms with E-state index in [2.05, 4.69) is 49.3 Å². The minimum atomic E-state index is 0.956. The molecule has 110 valence electrons. The molecule has 2 nitrogen and oxygen atoms in total. The number of hydrogen-bond acceptors (Lipinski definition) is 2. The summed E-state index contributed by atoms with van der Waals surface area (Å²) >= 11 is 0. The molecule has 0 fully saturated rings. The molecule has 1 aromatic rings. The van der Waals surface area contributed by atoms with Crippen LogP contribution in [0.1, 0.15) is 58.6 Å². The Morgan fingerprint density at radius 1 is 1.25 bits per heavy atom. The highest BCUT2D eigenvalue weighted by Gasteiger charge is 2.07. The molecule has 0 saturated heterocycles. The SMILES string of the molecule is C/C=C(/C)N=C(C)c1ccc(NCC)cc1CCCC. The molecule has 1 rings (SSSR count). The van der Waals surface area contributed by atoms with Crippen molar-refractivity contribution in [2.45, 2.75) is 53.9 Å². The summed E-state index contributed by atoms with van der Waals surface area (Å²) < 4.78 is 0. The van der Waals surface area contributed by atoms with Crippen molar-refractivity contribution in [3.05, 3.63) is 41.1 Å². The molecule has 0 saturated carbocycles. The van der Waals surface area contributed by atoms with Crippen molar-refractivity contribution >= 4 is 11.4 Å². The molecule has 0 atom stereocenters. The summed E-state index contributed by atoms with van der Waals surface area (Å²) in [4.78, 5) is 4.67. The third-order valence-electron chi connectivity index (χ3n) is 3.44. The lowest BCUT2D eigenvalue weighted by Gasteiger charge is -2.12. The number of unbranched alkanes of at least 4 members (excludes halogenated alkanes) is 1. The molecule has 0 aliphatic rings. The normalized spacial score (nSPS) is 12.7. The molecule has 1 aromatic carbocycles. The second-order valence-electron chi connectivity index (χ2n) is 5.13. The first-order valence-corrected chi connectivity index (χ1v) is 7.67. The van der Waals surface area contributed by atoms with E-state index in [0.29, 0.717) is 0 Å². The summed E-state index contributed by atoms with van der Waals surface area (Å²) in [5, 5.41) is 3.39. The van der Waals surface area contributed by atoms with Crippen LogP contribution in [-0.4, -0.2) is 12.3 Å². The second-order valence-corrected chi connectivity index (χ2v) is 5.13. The van der Waals surface area contributed by atoms with E-state index in [1.54, 1.807) is 0 Å². The number of benzene rings is 1. The van der Waals surface area contributed by atoms with Gasteiger partial charge in [0, 0.05) is 23.6 Å². The Bertz CT molecular complexity index is 484. The highest BCUT2D eigenvalue weighted by molar-refractivity contribution is 6.01. The third kappa shape index (κ3) is 4.84. The van der Waals surface area contributed by atoms with Crippen molar-refractivity contribution in [2.75, 3.05) is 11.9 Å². The van der Waals surface area contributed by atoms with Crippen LogP contribution in [0.4, 0.5) is 5.69 Å². The smallest absolute Gasteiger partial charge is 0.0450 e. The van der Waals surface area contributed by atoms with Gasteiger partial charge in [-0.1, -0.05) is 25.5 Å². The maximum Gasteiger partial charge on any atom is 0.0450 e. The first-order chi connectivity index (χ1) is 9.62. The maximum absolute atomic E-state index is 4.67. The van der Waals surface area contributed by atoms with Crippen LogP contribution < -0.4 is 5.32 Å². The minimum absolute atomic E-state index is 0.956. The molecule has 0 unspecified atom stereocenters. The van der Waals surface area contributed by atoms with Gasteiger partial charge in [0.05, 0.1) is 0 Å². The monoisotopic (exact) mass is 272 g/mol. The second kappa shape index (κ2) is 8.57. The van der Waals surface area contributed by atoms with Gasteiger partial charge in [-0.2, -0.15) is 0 Å². The molecular weight excluding hydrogens is 244 g/mol. The molecule has 2 heteroatoms. The number of allylic oxidation sites excluding steroid dienone is 2. The van der Waals surface area contributed by atoms with Gasteiger partial charge >= 0.3 is 0 Å². The average Bonchev–Trinajstić information content (AvgIpc) is 2.45. The fourth-order valence-corrected chi connectivity index (χ4v) is 2.22. The molecule has 0 aromatic heterocycles. The first-order valence-electron chi connectivity index (χ1n) is 7.67. The fraction of sp³-hybridized carbons (Fsp3) is 0.500. The predicted molar refractivity (Wildman–Crippen MR) is 90.9 cm³/mol. The standard InChI is InChI=1S/C18H28N2/c1-6-9-10-16-13-17(19-8-3)11-12-18(16)15(5)20-14(4)7-2/h7,11-13,19H,6,8-10H2,1-5H3/b14-7-,20-15?. The van der Waals surface area contributed by atoms with Crippen LogP contribution in [0.25, 0.3) is 0 Å². The van der Waals surface area contributed by atoms with Gasteiger partial charge in [0.1, 0.15) is 0 Å². The number of rotatable bonds is 7. The van der Waals surface area contributed by atoms with E-state index in [1.807, 2.05) is 19.9 Å². The van der Waals surface area contributed by atoms with Gasteiger partial charge in [0.15, 0.2) is 0 Å². The highest BCUT2D eigenvalue weighted by Crippen LogP contribution is 2.20. The molecule has 0 bridgehead atoms. The van der Waals surface area contributed by atoms with Crippen LogP contribution >= 0.6 is 0 Å². The summed E-state index contributed by atoms with van der Waals surface area (Å²) in [7, 11) is 0. The minimum Gasteiger partial charge on any atom is -0.385 e. The van der Waals surface area contributed by atoms with Crippen molar-refractivity contribution in [1.82, 2.24) is 0 Å². The highest BCUT2D eigenvalue weighted by atomic mass is 14.8. The topological polar surface area (TPSA) is 24.4 Å². The Labute approximate surface area is 124 Å². The van der Waals surface area contributed by atoms with Crippen molar-refractivity contribution in [3.63, 3.8) is 0 Å². The summed E-state index contributed by atoms with van der Waals surface area (Å²) in [5.74, 6) is 0. The van der Waals surface area contributed by atoms with Crippen LogP contribution in [0, 0.1) is 0 Å². The zero-order valence-corrected chi connectivity index (χ0v) is 13.6. The Kier molecular flexibility index (Phi) is 7.06. The Hall–Kier alpha value is -1.57. The zero-order chi connectivity index (χ0) is 15.0. The number of anilines is 1. The van der Waals surface area contributed by atoms with Crippen LogP contribution in [0.5, 0.6) is 0 Å². The number of hydrogen-bond donors (Lipinski definition) is 1. The van der Waals surface area contributed by atoms with Gasteiger partial charge in [-0.05, 0) is 63.8 Å². The first kappa shape index (κ1) is 16.5. The van der Waals surface area contributed by atoms with Gasteiger partial charge in [0.2, 0.25) is 0 Å². The van der Waals surface area contributed by atoms with Gasteiger partial charge in [0.25, 0.3) is 0 Å². The van der Waals surface area contributed by atoms with Crippen molar-refractivity contribution in [1.29, 1.82) is 0 Å². The van der Waals surface area contributed by atoms with Gasteiger partial charge in [-0.25, -0.2) is 0 Å². The molecule has 0 aliphatic carbocycles. The van der Waals surface area contributed by atoms with E-state index in [9.17, 15) is 0 Å². The Morgan fingerprint density at radius 3 is 2.60 bits per heavy atom. The van der Waals surface area contributed by atoms with Crippen LogP contribution in [0.3, 0.4) is 0 Å². The molecule has 1 N–H and O–H groups in total. The van der Waals surface area contributed by atoms with E-state index in [0.717, 1.165) is 24.4 Å². The number of nitrogens with zero attached hydrogens (tertiary/aromatic N) is 1. The van der Waals surface area contributed by atoms with Gasteiger partial charge in [-0.15, -0.1) is 0 Å². The lowest BCUT2D eigenvalue weighted by molar-refractivity contribution is 0.794. The molecule has 0 spiro atoms. The van der Waals surface area contributed by atoms with E-state index < -0.39 is 0 Å². The maximum atomic E-state index is 4.67. The third-order valence-corrected chi connectivity index (χ3v) is 3.44.